The summed E-state index contributed by atoms with van der Waals surface area (Å²) in [6, 6.07) is 8.58. The zero-order chi connectivity index (χ0) is 16.4. The van der Waals surface area contributed by atoms with E-state index in [1.54, 1.807) is 18.8 Å². The lowest BCUT2D eigenvalue weighted by molar-refractivity contribution is -0.404. The van der Waals surface area contributed by atoms with Gasteiger partial charge in [-0.2, -0.15) is 11.8 Å². The Balaban J connectivity index is 2.31. The van der Waals surface area contributed by atoms with Crippen LogP contribution in [0.3, 0.4) is 0 Å². The normalized spacial score (nSPS) is 11.5. The molecule has 0 saturated carbocycles. The molecule has 0 spiro atoms. The second-order valence-corrected chi connectivity index (χ2v) is 6.22. The van der Waals surface area contributed by atoms with Crippen LogP contribution in [0.1, 0.15) is 11.1 Å². The van der Waals surface area contributed by atoms with E-state index in [1.165, 1.54) is 11.1 Å². The first-order valence-electron chi connectivity index (χ1n) is 7.08. The number of hydrogen-bond donors (Lipinski definition) is 2. The van der Waals surface area contributed by atoms with Gasteiger partial charge in [-0.1, -0.05) is 24.3 Å². The van der Waals surface area contributed by atoms with Gasteiger partial charge in [0, 0.05) is 31.6 Å². The highest BCUT2D eigenvalue weighted by molar-refractivity contribution is 7.98. The van der Waals surface area contributed by atoms with Gasteiger partial charge in [-0.3, -0.25) is 10.1 Å². The number of nitrogens with one attached hydrogen (secondary N) is 2. The van der Waals surface area contributed by atoms with Crippen molar-refractivity contribution in [2.45, 2.75) is 12.3 Å². The van der Waals surface area contributed by atoms with Gasteiger partial charge in [0.2, 0.25) is 0 Å². The van der Waals surface area contributed by atoms with Gasteiger partial charge < -0.3 is 15.5 Å². The van der Waals surface area contributed by atoms with Gasteiger partial charge in [0.1, 0.15) is 0 Å². The van der Waals surface area contributed by atoms with Crippen LogP contribution >= 0.6 is 11.8 Å². The van der Waals surface area contributed by atoms with E-state index in [1.807, 2.05) is 0 Å². The molecule has 2 N–H and O–H groups in total. The molecule has 0 aliphatic carbocycles. The third-order valence-corrected chi connectivity index (χ3v) is 3.85. The number of nitro groups is 1. The molecule has 7 heteroatoms. The topological polar surface area (TPSA) is 70.4 Å². The molecule has 0 heterocycles. The van der Waals surface area contributed by atoms with Gasteiger partial charge in [0.15, 0.2) is 5.82 Å². The van der Waals surface area contributed by atoms with Crippen LogP contribution in [0.25, 0.3) is 0 Å². The maximum absolute atomic E-state index is 10.4. The number of thioether (sulfide) groups is 1. The van der Waals surface area contributed by atoms with Crippen molar-refractivity contribution in [1.29, 1.82) is 0 Å². The summed E-state index contributed by atoms with van der Waals surface area (Å²) in [5, 5.41) is 16.2. The summed E-state index contributed by atoms with van der Waals surface area (Å²) in [7, 11) is 5.78. The van der Waals surface area contributed by atoms with Crippen LogP contribution in [0.2, 0.25) is 0 Å². The summed E-state index contributed by atoms with van der Waals surface area (Å²) in [5.74, 6) is 2.25. The van der Waals surface area contributed by atoms with E-state index in [2.05, 4.69) is 53.9 Å². The Morgan fingerprint density at radius 1 is 1.41 bits per heavy atom. The minimum Gasteiger partial charge on any atom is -0.370 e. The molecule has 1 aromatic rings. The van der Waals surface area contributed by atoms with Crippen molar-refractivity contribution in [2.24, 2.45) is 0 Å². The van der Waals surface area contributed by atoms with E-state index < -0.39 is 4.92 Å². The largest absolute Gasteiger partial charge is 0.370 e. The first-order chi connectivity index (χ1) is 10.5. The smallest absolute Gasteiger partial charge is 0.274 e. The van der Waals surface area contributed by atoms with Crippen LogP contribution in [0.15, 0.2) is 36.3 Å². The molecule has 0 bridgehead atoms. The van der Waals surface area contributed by atoms with Crippen LogP contribution in [-0.4, -0.2) is 43.3 Å². The molecule has 1 aromatic carbocycles. The fourth-order valence-corrected chi connectivity index (χ4v) is 2.74. The zero-order valence-electron chi connectivity index (χ0n) is 13.3. The average Bonchev–Trinajstić information content (AvgIpc) is 2.45. The summed E-state index contributed by atoms with van der Waals surface area (Å²) < 4.78 is 0. The molecule has 0 atom stereocenters. The highest BCUT2D eigenvalue weighted by Gasteiger charge is 2.01. The van der Waals surface area contributed by atoms with Crippen LogP contribution in [0, 0.1) is 10.1 Å². The van der Waals surface area contributed by atoms with E-state index in [9.17, 15) is 10.1 Å². The molecular weight excluding hydrogens is 300 g/mol. The molecule has 22 heavy (non-hydrogen) atoms. The Kier molecular flexibility index (Phi) is 8.39. The molecule has 0 fully saturated rings. The molecule has 0 aliphatic heterocycles. The molecule has 0 radical (unpaired) electrons. The Labute approximate surface area is 136 Å². The second kappa shape index (κ2) is 10.1. The minimum absolute atomic E-state index is 0.429. The molecule has 0 saturated heterocycles. The molecule has 0 aromatic heterocycles. The second-order valence-electron chi connectivity index (χ2n) is 5.12. The van der Waals surface area contributed by atoms with Crippen LogP contribution in [0.4, 0.5) is 0 Å². The molecule has 1 rings (SSSR count). The van der Waals surface area contributed by atoms with Crippen molar-refractivity contribution in [3.05, 3.63) is 57.5 Å². The van der Waals surface area contributed by atoms with E-state index in [0.29, 0.717) is 12.4 Å². The maximum atomic E-state index is 10.4. The fourth-order valence-electron chi connectivity index (χ4n) is 1.93. The predicted molar refractivity (Wildman–Crippen MR) is 92.1 cm³/mol. The lowest BCUT2D eigenvalue weighted by Gasteiger charge is -2.11. The van der Waals surface area contributed by atoms with Crippen molar-refractivity contribution in [2.75, 3.05) is 33.4 Å². The van der Waals surface area contributed by atoms with Gasteiger partial charge in [-0.05, 0) is 25.2 Å². The first kappa shape index (κ1) is 18.3. The summed E-state index contributed by atoms with van der Waals surface area (Å²) in [5.41, 5.74) is 2.62. The summed E-state index contributed by atoms with van der Waals surface area (Å²) >= 11 is 1.80. The van der Waals surface area contributed by atoms with E-state index >= 15 is 0 Å². The number of benzene rings is 1. The lowest BCUT2D eigenvalue weighted by atomic mass is 10.1. The van der Waals surface area contributed by atoms with E-state index in [-0.39, 0.29) is 0 Å². The summed E-state index contributed by atoms with van der Waals surface area (Å²) in [6.07, 6.45) is 0.940. The molecule has 0 amide bonds. The van der Waals surface area contributed by atoms with Crippen molar-refractivity contribution in [3.8, 4) is 0 Å². The quantitative estimate of drug-likeness (QED) is 0.389. The van der Waals surface area contributed by atoms with Gasteiger partial charge in [-0.25, -0.2) is 0 Å². The molecule has 6 nitrogen and oxygen atoms in total. The molecule has 0 aliphatic rings. The third kappa shape index (κ3) is 7.90. The third-order valence-electron chi connectivity index (χ3n) is 2.82. The van der Waals surface area contributed by atoms with Crippen molar-refractivity contribution in [3.63, 3.8) is 0 Å². The van der Waals surface area contributed by atoms with Gasteiger partial charge in [-0.15, -0.1) is 0 Å². The summed E-state index contributed by atoms with van der Waals surface area (Å²) in [6.45, 7) is 1.62. The highest BCUT2D eigenvalue weighted by Crippen LogP contribution is 2.14. The zero-order valence-corrected chi connectivity index (χ0v) is 14.2. The fraction of sp³-hybridized carbons (Fsp3) is 0.467. The van der Waals surface area contributed by atoms with Gasteiger partial charge >= 0.3 is 0 Å². The van der Waals surface area contributed by atoms with Crippen LogP contribution in [-0.2, 0) is 12.3 Å². The highest BCUT2D eigenvalue weighted by atomic mass is 32.2. The summed E-state index contributed by atoms with van der Waals surface area (Å²) in [4.78, 5) is 12.1. The van der Waals surface area contributed by atoms with Crippen molar-refractivity contribution >= 4 is 11.8 Å². The van der Waals surface area contributed by atoms with Crippen LogP contribution in [0.5, 0.6) is 0 Å². The Bertz CT molecular complexity index is 506. The number of nitrogens with zero attached hydrogens (tertiary/aromatic N) is 2. The number of hydrogen-bond acceptors (Lipinski definition) is 6. The Hall–Kier alpha value is -1.73. The Morgan fingerprint density at radius 2 is 2.14 bits per heavy atom. The standard InChI is InChI=1S/C15H24N4O2S/c1-16-15(11-19(20)21)17-7-8-22-12-14-6-4-5-13(9-14)10-18(2)3/h4-6,9,11,16-17H,7-8,10,12H2,1-3H3/b15-11+. The molecule has 0 unspecified atom stereocenters. The predicted octanol–water partition coefficient (Wildman–Crippen LogP) is 1.87. The lowest BCUT2D eigenvalue weighted by Crippen LogP contribution is -2.26. The van der Waals surface area contributed by atoms with Crippen LogP contribution < -0.4 is 10.6 Å². The van der Waals surface area contributed by atoms with Crippen molar-refractivity contribution < 1.29 is 4.92 Å². The minimum atomic E-state index is -0.470. The first-order valence-corrected chi connectivity index (χ1v) is 8.24. The van der Waals surface area contributed by atoms with E-state index in [0.717, 1.165) is 24.3 Å². The average molecular weight is 324 g/mol. The monoisotopic (exact) mass is 324 g/mol. The van der Waals surface area contributed by atoms with Gasteiger partial charge in [0.05, 0.1) is 4.92 Å². The molecule has 122 valence electrons. The van der Waals surface area contributed by atoms with Gasteiger partial charge in [0.25, 0.3) is 6.20 Å². The van der Waals surface area contributed by atoms with Crippen molar-refractivity contribution in [1.82, 2.24) is 15.5 Å². The maximum Gasteiger partial charge on any atom is 0.274 e. The SMILES string of the molecule is CN/C(=C\[N+](=O)[O-])NCCSCc1cccc(CN(C)C)c1. The Morgan fingerprint density at radius 3 is 2.77 bits per heavy atom. The molecular formula is C15H24N4O2S. The van der Waals surface area contributed by atoms with E-state index in [4.69, 9.17) is 0 Å². The number of rotatable bonds is 10.